The Morgan fingerprint density at radius 2 is 1.97 bits per heavy atom. The summed E-state index contributed by atoms with van der Waals surface area (Å²) in [5, 5.41) is 1.05. The number of methoxy groups -OCH3 is 1. The molecule has 1 aromatic heterocycles. The predicted molar refractivity (Wildman–Crippen MR) is 121 cm³/mol. The lowest BCUT2D eigenvalue weighted by Gasteiger charge is -2.10. The van der Waals surface area contributed by atoms with E-state index in [0.717, 1.165) is 52.9 Å². The van der Waals surface area contributed by atoms with Crippen LogP contribution in [0.4, 0.5) is 0 Å². The lowest BCUT2D eigenvalue weighted by molar-refractivity contribution is 0.101. The number of ether oxygens (including phenoxy) is 2. The van der Waals surface area contributed by atoms with Gasteiger partial charge in [0.2, 0.25) is 5.78 Å². The van der Waals surface area contributed by atoms with E-state index in [1.54, 1.807) is 7.11 Å². The largest absolute Gasteiger partial charge is 0.497 e. The van der Waals surface area contributed by atoms with Crippen LogP contribution in [0.2, 0.25) is 0 Å². The van der Waals surface area contributed by atoms with Crippen molar-refractivity contribution in [3.05, 3.63) is 64.5 Å². The summed E-state index contributed by atoms with van der Waals surface area (Å²) in [5.74, 6) is 1.76. The fourth-order valence-electron chi connectivity index (χ4n) is 4.11. The van der Waals surface area contributed by atoms with Gasteiger partial charge in [0.25, 0.3) is 0 Å². The average Bonchev–Trinajstić information content (AvgIpc) is 3.19. The summed E-state index contributed by atoms with van der Waals surface area (Å²) in [7, 11) is 5.83. The van der Waals surface area contributed by atoms with Crippen LogP contribution >= 0.6 is 0 Å². The molecule has 1 aliphatic heterocycles. The fraction of sp³-hybridized carbons (Fsp3) is 0.320. The van der Waals surface area contributed by atoms with Crippen molar-refractivity contribution in [1.29, 1.82) is 0 Å². The highest BCUT2D eigenvalue weighted by Gasteiger charge is 2.29. The number of fused-ring (bicyclic) bond motifs is 2. The minimum atomic E-state index is -0.0566. The number of hydrogen-bond acceptors (Lipinski definition) is 4. The van der Waals surface area contributed by atoms with Crippen molar-refractivity contribution in [3.8, 4) is 11.5 Å². The van der Waals surface area contributed by atoms with E-state index < -0.39 is 0 Å². The molecule has 3 aromatic rings. The molecular weight excluding hydrogens is 376 g/mol. The monoisotopic (exact) mass is 404 g/mol. The smallest absolute Gasteiger partial charge is 0.232 e. The summed E-state index contributed by atoms with van der Waals surface area (Å²) >= 11 is 0. The highest BCUT2D eigenvalue weighted by Crippen LogP contribution is 2.36. The first kappa shape index (κ1) is 20.2. The van der Waals surface area contributed by atoms with Crippen LogP contribution in [-0.2, 0) is 6.54 Å². The molecule has 0 fully saturated rings. The molecule has 5 nitrogen and oxygen atoms in total. The molecule has 0 saturated heterocycles. The second-order valence-electron chi connectivity index (χ2n) is 8.21. The van der Waals surface area contributed by atoms with Crippen molar-refractivity contribution in [2.45, 2.75) is 26.8 Å². The molecule has 0 aliphatic carbocycles. The minimum absolute atomic E-state index is 0.0566. The number of carbonyl (C=O) groups excluding carboxylic acids is 1. The fourth-order valence-corrected chi connectivity index (χ4v) is 4.11. The van der Waals surface area contributed by atoms with Gasteiger partial charge >= 0.3 is 0 Å². The summed E-state index contributed by atoms with van der Waals surface area (Å²) in [6.45, 7) is 5.88. The quantitative estimate of drug-likeness (QED) is 0.552. The van der Waals surface area contributed by atoms with Crippen LogP contribution in [0.3, 0.4) is 0 Å². The van der Waals surface area contributed by atoms with Crippen LogP contribution in [0.25, 0.3) is 17.0 Å². The van der Waals surface area contributed by atoms with Gasteiger partial charge in [-0.2, -0.15) is 0 Å². The zero-order valence-electron chi connectivity index (χ0n) is 18.3. The molecule has 0 spiro atoms. The van der Waals surface area contributed by atoms with Gasteiger partial charge in [-0.3, -0.25) is 4.79 Å². The van der Waals surface area contributed by atoms with Crippen molar-refractivity contribution >= 4 is 22.8 Å². The highest BCUT2D eigenvalue weighted by molar-refractivity contribution is 6.16. The number of nitrogens with zero attached hydrogens (tertiary/aromatic N) is 2. The Balaban J connectivity index is 1.75. The molecule has 2 aromatic carbocycles. The third-order valence-corrected chi connectivity index (χ3v) is 5.52. The van der Waals surface area contributed by atoms with E-state index in [4.69, 9.17) is 9.47 Å². The Morgan fingerprint density at radius 1 is 1.17 bits per heavy atom. The SMILES string of the molecule is COc1ccc2c(c1)c(/C=C1\Oc3cc(C)cc(C)c3C1=O)cn2CCCN(C)C. The van der Waals surface area contributed by atoms with Gasteiger partial charge in [0.1, 0.15) is 11.5 Å². The second kappa shape index (κ2) is 8.00. The number of rotatable bonds is 6. The zero-order valence-corrected chi connectivity index (χ0v) is 18.3. The zero-order chi connectivity index (χ0) is 21.4. The van der Waals surface area contributed by atoms with Crippen LogP contribution < -0.4 is 9.47 Å². The first-order valence-electron chi connectivity index (χ1n) is 10.2. The molecule has 0 saturated carbocycles. The standard InChI is InChI=1S/C25H28N2O3/c1-16-11-17(2)24-22(12-16)30-23(25(24)28)13-18-15-27(10-6-9-26(3)4)21-8-7-19(29-5)14-20(18)21/h7-8,11-15H,6,9-10H2,1-5H3/b23-13-. The number of ketones is 1. The summed E-state index contributed by atoms with van der Waals surface area (Å²) < 4.78 is 13.7. The van der Waals surface area contributed by atoms with Gasteiger partial charge in [-0.15, -0.1) is 0 Å². The Hall–Kier alpha value is -3.05. The molecule has 0 N–H and O–H groups in total. The van der Waals surface area contributed by atoms with Crippen molar-refractivity contribution in [3.63, 3.8) is 0 Å². The van der Waals surface area contributed by atoms with Gasteiger partial charge < -0.3 is 18.9 Å². The lowest BCUT2D eigenvalue weighted by atomic mass is 10.0. The molecule has 5 heteroatoms. The Labute approximate surface area is 177 Å². The molecular formula is C25H28N2O3. The number of allylic oxidation sites excluding steroid dienone is 1. The molecule has 30 heavy (non-hydrogen) atoms. The molecule has 156 valence electrons. The van der Waals surface area contributed by atoms with E-state index >= 15 is 0 Å². The van der Waals surface area contributed by atoms with E-state index in [0.29, 0.717) is 17.1 Å². The molecule has 0 unspecified atom stereocenters. The number of hydrogen-bond donors (Lipinski definition) is 0. The van der Waals surface area contributed by atoms with Gasteiger partial charge in [0.05, 0.1) is 12.7 Å². The topological polar surface area (TPSA) is 43.7 Å². The van der Waals surface area contributed by atoms with Crippen LogP contribution in [0, 0.1) is 13.8 Å². The molecule has 0 radical (unpaired) electrons. The molecule has 2 heterocycles. The Bertz CT molecular complexity index is 1150. The first-order valence-corrected chi connectivity index (χ1v) is 10.2. The molecule has 1 aliphatic rings. The third kappa shape index (κ3) is 3.73. The van der Waals surface area contributed by atoms with Gasteiger partial charge in [-0.25, -0.2) is 0 Å². The summed E-state index contributed by atoms with van der Waals surface area (Å²) in [6, 6.07) is 10.0. The number of benzene rings is 2. The van der Waals surface area contributed by atoms with E-state index in [1.807, 2.05) is 44.2 Å². The highest BCUT2D eigenvalue weighted by atomic mass is 16.5. The Kier molecular flexibility index (Phi) is 5.39. The van der Waals surface area contributed by atoms with E-state index in [-0.39, 0.29) is 5.78 Å². The van der Waals surface area contributed by atoms with Crippen molar-refractivity contribution in [2.75, 3.05) is 27.7 Å². The minimum Gasteiger partial charge on any atom is -0.497 e. The van der Waals surface area contributed by atoms with Crippen LogP contribution in [0.15, 0.2) is 42.3 Å². The van der Waals surface area contributed by atoms with E-state index in [2.05, 4.69) is 35.8 Å². The maximum Gasteiger partial charge on any atom is 0.232 e. The summed E-state index contributed by atoms with van der Waals surface area (Å²) in [6.07, 6.45) is 5.00. The van der Waals surface area contributed by atoms with Gasteiger partial charge in [-0.05, 0) is 82.4 Å². The Morgan fingerprint density at radius 3 is 2.70 bits per heavy atom. The number of carbonyl (C=O) groups is 1. The molecule has 0 atom stereocenters. The third-order valence-electron chi connectivity index (χ3n) is 5.52. The maximum absolute atomic E-state index is 13.0. The number of Topliss-reactive ketones (excluding diaryl/α,β-unsaturated/α-hetero) is 1. The molecule has 0 bridgehead atoms. The summed E-state index contributed by atoms with van der Waals surface area (Å²) in [4.78, 5) is 15.2. The van der Waals surface area contributed by atoms with Crippen molar-refractivity contribution in [1.82, 2.24) is 9.47 Å². The van der Waals surface area contributed by atoms with Crippen molar-refractivity contribution < 1.29 is 14.3 Å². The first-order chi connectivity index (χ1) is 14.4. The van der Waals surface area contributed by atoms with Crippen LogP contribution in [0.5, 0.6) is 11.5 Å². The number of aryl methyl sites for hydroxylation is 3. The second-order valence-corrected chi connectivity index (χ2v) is 8.21. The summed E-state index contributed by atoms with van der Waals surface area (Å²) in [5.41, 5.74) is 4.78. The van der Waals surface area contributed by atoms with Crippen molar-refractivity contribution in [2.24, 2.45) is 0 Å². The molecule has 4 rings (SSSR count). The van der Waals surface area contributed by atoms with E-state index in [1.165, 1.54) is 0 Å². The number of aromatic nitrogens is 1. The van der Waals surface area contributed by atoms with Gasteiger partial charge in [0.15, 0.2) is 5.76 Å². The van der Waals surface area contributed by atoms with Crippen LogP contribution in [-0.4, -0.2) is 43.0 Å². The van der Waals surface area contributed by atoms with E-state index in [9.17, 15) is 4.79 Å². The predicted octanol–water partition coefficient (Wildman–Crippen LogP) is 4.83. The normalized spacial score (nSPS) is 14.6. The van der Waals surface area contributed by atoms with Crippen LogP contribution in [0.1, 0.15) is 33.5 Å². The maximum atomic E-state index is 13.0. The van der Waals surface area contributed by atoms with Gasteiger partial charge in [-0.1, -0.05) is 6.07 Å². The molecule has 0 amide bonds. The average molecular weight is 405 g/mol. The lowest BCUT2D eigenvalue weighted by Crippen LogP contribution is -2.14. The van der Waals surface area contributed by atoms with Gasteiger partial charge in [0, 0.05) is 29.2 Å².